The summed E-state index contributed by atoms with van der Waals surface area (Å²) in [6.45, 7) is 0.332. The molecule has 28 heavy (non-hydrogen) atoms. The molecule has 0 atom stereocenters. The fraction of sp³-hybridized carbons (Fsp3) is 0.227. The van der Waals surface area contributed by atoms with Crippen molar-refractivity contribution >= 4 is 29.5 Å². The number of nitrogens with zero attached hydrogens (tertiary/aromatic N) is 3. The average Bonchev–Trinajstić information content (AvgIpc) is 2.77. The molecule has 2 aromatic carbocycles. The molecule has 1 aliphatic heterocycles. The highest BCUT2D eigenvalue weighted by atomic mass is 16.2. The number of benzene rings is 2. The molecule has 3 amide bonds. The number of hydrogen-bond donors (Lipinski definition) is 0. The molecule has 0 bridgehead atoms. The average molecular weight is 377 g/mol. The van der Waals surface area contributed by atoms with E-state index >= 15 is 0 Å². The van der Waals surface area contributed by atoms with Crippen LogP contribution in [0.25, 0.3) is 6.08 Å². The smallest absolute Gasteiger partial charge is 0.256 e. The standard InChI is InChI=1S/C22H23N3O3/c1-23(2)20(26)13-12-16-8-4-5-9-17(16)14-25-19-11-7-6-10-18(19)22(28)24(3)15-21(25)27/h4-13H,14-15H2,1-3H3/b13-12+. The van der Waals surface area contributed by atoms with Crippen molar-refractivity contribution in [1.82, 2.24) is 9.80 Å². The second-order valence-electron chi connectivity index (χ2n) is 6.92. The Kier molecular flexibility index (Phi) is 5.59. The van der Waals surface area contributed by atoms with Gasteiger partial charge in [0.25, 0.3) is 5.91 Å². The van der Waals surface area contributed by atoms with Crippen molar-refractivity contribution in [2.24, 2.45) is 0 Å². The van der Waals surface area contributed by atoms with Crippen LogP contribution in [0.4, 0.5) is 5.69 Å². The third kappa shape index (κ3) is 3.96. The highest BCUT2D eigenvalue weighted by molar-refractivity contribution is 6.09. The van der Waals surface area contributed by atoms with E-state index in [-0.39, 0.29) is 24.3 Å². The van der Waals surface area contributed by atoms with E-state index < -0.39 is 0 Å². The van der Waals surface area contributed by atoms with Gasteiger partial charge in [0.2, 0.25) is 11.8 Å². The van der Waals surface area contributed by atoms with Crippen LogP contribution in [-0.4, -0.2) is 55.2 Å². The first-order valence-electron chi connectivity index (χ1n) is 9.00. The number of anilines is 1. The Bertz CT molecular complexity index is 950. The zero-order valence-corrected chi connectivity index (χ0v) is 16.3. The molecule has 0 spiro atoms. The van der Waals surface area contributed by atoms with E-state index in [2.05, 4.69) is 0 Å². The molecule has 0 saturated heterocycles. The summed E-state index contributed by atoms with van der Waals surface area (Å²) in [5.74, 6) is -0.432. The van der Waals surface area contributed by atoms with E-state index in [1.165, 1.54) is 15.9 Å². The quantitative estimate of drug-likeness (QED) is 0.769. The molecule has 6 nitrogen and oxygen atoms in total. The van der Waals surface area contributed by atoms with Crippen molar-refractivity contribution in [1.29, 1.82) is 0 Å². The predicted molar refractivity (Wildman–Crippen MR) is 109 cm³/mol. The number of fused-ring (bicyclic) bond motifs is 1. The van der Waals surface area contributed by atoms with Gasteiger partial charge in [0.05, 0.1) is 17.8 Å². The molecule has 0 fully saturated rings. The van der Waals surface area contributed by atoms with Crippen LogP contribution in [0.15, 0.2) is 54.6 Å². The number of likely N-dealkylation sites (N-methyl/N-ethyl adjacent to an activating group) is 2. The third-order valence-electron chi connectivity index (χ3n) is 4.68. The van der Waals surface area contributed by atoms with Gasteiger partial charge in [-0.3, -0.25) is 14.4 Å². The summed E-state index contributed by atoms with van der Waals surface area (Å²) in [5, 5.41) is 0. The molecule has 0 unspecified atom stereocenters. The van der Waals surface area contributed by atoms with Gasteiger partial charge < -0.3 is 14.7 Å². The SMILES string of the molecule is CN(C)C(=O)/C=C/c1ccccc1CN1C(=O)CN(C)C(=O)c2ccccc21. The second-order valence-corrected chi connectivity index (χ2v) is 6.92. The van der Waals surface area contributed by atoms with E-state index in [0.717, 1.165) is 11.1 Å². The summed E-state index contributed by atoms with van der Waals surface area (Å²) in [7, 11) is 5.02. The van der Waals surface area contributed by atoms with Crippen LogP contribution in [0, 0.1) is 0 Å². The Balaban J connectivity index is 1.97. The molecule has 0 saturated carbocycles. The number of carbonyl (C=O) groups is 3. The van der Waals surface area contributed by atoms with Gasteiger partial charge in [-0.1, -0.05) is 36.4 Å². The molecule has 6 heteroatoms. The van der Waals surface area contributed by atoms with Crippen molar-refractivity contribution in [3.05, 3.63) is 71.3 Å². The van der Waals surface area contributed by atoms with Gasteiger partial charge in [-0.2, -0.15) is 0 Å². The molecule has 1 aliphatic rings. The lowest BCUT2D eigenvalue weighted by Crippen LogP contribution is -2.37. The van der Waals surface area contributed by atoms with Crippen LogP contribution >= 0.6 is 0 Å². The van der Waals surface area contributed by atoms with Gasteiger partial charge in [0, 0.05) is 27.2 Å². The van der Waals surface area contributed by atoms with Gasteiger partial charge in [0.15, 0.2) is 0 Å². The number of amides is 3. The lowest BCUT2D eigenvalue weighted by atomic mass is 10.0. The van der Waals surface area contributed by atoms with Crippen molar-refractivity contribution in [2.45, 2.75) is 6.54 Å². The Labute approximate surface area is 164 Å². The minimum Gasteiger partial charge on any atom is -0.345 e. The fourth-order valence-electron chi connectivity index (χ4n) is 3.08. The molecule has 0 aliphatic carbocycles. The summed E-state index contributed by atoms with van der Waals surface area (Å²) in [5.41, 5.74) is 2.86. The largest absolute Gasteiger partial charge is 0.345 e. The Morgan fingerprint density at radius 3 is 2.50 bits per heavy atom. The van der Waals surface area contributed by atoms with Crippen LogP contribution in [-0.2, 0) is 16.1 Å². The topological polar surface area (TPSA) is 60.9 Å². The summed E-state index contributed by atoms with van der Waals surface area (Å²) < 4.78 is 0. The van der Waals surface area contributed by atoms with Crippen molar-refractivity contribution < 1.29 is 14.4 Å². The van der Waals surface area contributed by atoms with Crippen molar-refractivity contribution in [3.63, 3.8) is 0 Å². The van der Waals surface area contributed by atoms with E-state index in [4.69, 9.17) is 0 Å². The highest BCUT2D eigenvalue weighted by Gasteiger charge is 2.29. The van der Waals surface area contributed by atoms with Crippen LogP contribution < -0.4 is 4.90 Å². The number of para-hydroxylation sites is 1. The van der Waals surface area contributed by atoms with Crippen LogP contribution in [0.5, 0.6) is 0 Å². The van der Waals surface area contributed by atoms with Gasteiger partial charge >= 0.3 is 0 Å². The van der Waals surface area contributed by atoms with Gasteiger partial charge in [0.1, 0.15) is 6.54 Å². The van der Waals surface area contributed by atoms with Crippen LogP contribution in [0.1, 0.15) is 21.5 Å². The molecule has 1 heterocycles. The first kappa shape index (κ1) is 19.4. The summed E-state index contributed by atoms with van der Waals surface area (Å²) >= 11 is 0. The monoisotopic (exact) mass is 377 g/mol. The Morgan fingerprint density at radius 1 is 1.07 bits per heavy atom. The molecular weight excluding hydrogens is 354 g/mol. The molecule has 0 aromatic heterocycles. The second kappa shape index (κ2) is 8.08. The Hall–Kier alpha value is -3.41. The van der Waals surface area contributed by atoms with E-state index in [9.17, 15) is 14.4 Å². The minimum atomic E-state index is -0.170. The van der Waals surface area contributed by atoms with Gasteiger partial charge in [-0.05, 0) is 29.3 Å². The number of hydrogen-bond acceptors (Lipinski definition) is 3. The molecular formula is C22H23N3O3. The van der Waals surface area contributed by atoms with Gasteiger partial charge in [-0.15, -0.1) is 0 Å². The third-order valence-corrected chi connectivity index (χ3v) is 4.68. The van der Waals surface area contributed by atoms with E-state index in [0.29, 0.717) is 17.8 Å². The van der Waals surface area contributed by atoms with Crippen LogP contribution in [0.3, 0.4) is 0 Å². The fourth-order valence-corrected chi connectivity index (χ4v) is 3.08. The summed E-state index contributed by atoms with van der Waals surface area (Å²) in [6, 6.07) is 14.7. The zero-order chi connectivity index (χ0) is 20.3. The number of rotatable bonds is 4. The highest BCUT2D eigenvalue weighted by Crippen LogP contribution is 2.27. The molecule has 144 valence electrons. The summed E-state index contributed by atoms with van der Waals surface area (Å²) in [4.78, 5) is 41.9. The van der Waals surface area contributed by atoms with Crippen LogP contribution in [0.2, 0.25) is 0 Å². The van der Waals surface area contributed by atoms with Gasteiger partial charge in [-0.25, -0.2) is 0 Å². The predicted octanol–water partition coefficient (Wildman–Crippen LogP) is 2.41. The lowest BCUT2D eigenvalue weighted by molar-refractivity contribution is -0.123. The minimum absolute atomic E-state index is 0.0185. The maximum atomic E-state index is 12.9. The normalized spacial score (nSPS) is 14.2. The molecule has 0 N–H and O–H groups in total. The Morgan fingerprint density at radius 2 is 1.75 bits per heavy atom. The maximum Gasteiger partial charge on any atom is 0.256 e. The molecule has 0 radical (unpaired) electrons. The zero-order valence-electron chi connectivity index (χ0n) is 16.3. The van der Waals surface area contributed by atoms with E-state index in [1.54, 1.807) is 50.3 Å². The van der Waals surface area contributed by atoms with E-state index in [1.807, 2.05) is 30.3 Å². The first-order valence-corrected chi connectivity index (χ1v) is 9.00. The lowest BCUT2D eigenvalue weighted by Gasteiger charge is -2.23. The van der Waals surface area contributed by atoms with Crippen molar-refractivity contribution in [2.75, 3.05) is 32.6 Å². The van der Waals surface area contributed by atoms with Crippen molar-refractivity contribution in [3.8, 4) is 0 Å². The molecule has 2 aromatic rings. The maximum absolute atomic E-state index is 12.9. The first-order chi connectivity index (χ1) is 13.4. The molecule has 3 rings (SSSR count). The summed E-state index contributed by atoms with van der Waals surface area (Å²) in [6.07, 6.45) is 3.26. The number of carbonyl (C=O) groups excluding carboxylic acids is 3.